The van der Waals surface area contributed by atoms with Crippen molar-refractivity contribution >= 4 is 37.4 Å². The Morgan fingerprint density at radius 2 is 1.88 bits per heavy atom. The summed E-state index contributed by atoms with van der Waals surface area (Å²) >= 11 is 4.98. The standard InChI is InChI=1S/C13H8BrNOS/c14-9-3-1-8(2-4-9)11-7-12-10(5-6-17-12)13(16)15-11/h1-7H,(H,15,16). The summed E-state index contributed by atoms with van der Waals surface area (Å²) in [5.74, 6) is 0. The van der Waals surface area contributed by atoms with Crippen LogP contribution in [0.2, 0.25) is 0 Å². The van der Waals surface area contributed by atoms with Gasteiger partial charge in [0.05, 0.1) is 5.39 Å². The third-order valence-corrected chi connectivity index (χ3v) is 4.01. The molecule has 3 aromatic rings. The average molecular weight is 306 g/mol. The van der Waals surface area contributed by atoms with E-state index in [0.29, 0.717) is 0 Å². The first-order valence-corrected chi connectivity index (χ1v) is 6.78. The van der Waals surface area contributed by atoms with E-state index in [0.717, 1.165) is 25.8 Å². The van der Waals surface area contributed by atoms with Crippen molar-refractivity contribution in [2.24, 2.45) is 0 Å². The Morgan fingerprint density at radius 1 is 1.12 bits per heavy atom. The third-order valence-electron chi connectivity index (χ3n) is 2.62. The number of nitrogens with one attached hydrogen (secondary N) is 1. The molecule has 0 atom stereocenters. The van der Waals surface area contributed by atoms with E-state index in [4.69, 9.17) is 0 Å². The smallest absolute Gasteiger partial charge is 0.257 e. The molecule has 1 N–H and O–H groups in total. The van der Waals surface area contributed by atoms with E-state index in [9.17, 15) is 4.79 Å². The molecular formula is C13H8BrNOS. The van der Waals surface area contributed by atoms with Crippen LogP contribution in [0.25, 0.3) is 21.3 Å². The van der Waals surface area contributed by atoms with Crippen LogP contribution in [0.15, 0.2) is 51.0 Å². The highest BCUT2D eigenvalue weighted by molar-refractivity contribution is 9.10. The van der Waals surface area contributed by atoms with Crippen LogP contribution in [0, 0.1) is 0 Å². The lowest BCUT2D eigenvalue weighted by atomic mass is 10.1. The molecule has 3 rings (SSSR count). The molecule has 84 valence electrons. The van der Waals surface area contributed by atoms with Gasteiger partial charge in [-0.3, -0.25) is 4.79 Å². The largest absolute Gasteiger partial charge is 0.321 e. The number of aromatic amines is 1. The number of benzene rings is 1. The molecule has 0 saturated carbocycles. The minimum Gasteiger partial charge on any atom is -0.321 e. The summed E-state index contributed by atoms with van der Waals surface area (Å²) < 4.78 is 2.05. The number of hydrogen-bond donors (Lipinski definition) is 1. The molecule has 0 spiro atoms. The Balaban J connectivity index is 2.23. The van der Waals surface area contributed by atoms with Gasteiger partial charge < -0.3 is 4.98 Å². The van der Waals surface area contributed by atoms with Crippen LogP contribution in [0.4, 0.5) is 0 Å². The quantitative estimate of drug-likeness (QED) is 0.723. The molecule has 0 saturated heterocycles. The SMILES string of the molecule is O=c1[nH]c(-c2ccc(Br)cc2)cc2sccc12. The summed E-state index contributed by atoms with van der Waals surface area (Å²) in [6, 6.07) is 11.8. The molecule has 0 amide bonds. The lowest BCUT2D eigenvalue weighted by Gasteiger charge is -2.02. The van der Waals surface area contributed by atoms with Gasteiger partial charge in [-0.15, -0.1) is 11.3 Å². The fraction of sp³-hybridized carbons (Fsp3) is 0. The molecule has 4 heteroatoms. The second-order valence-electron chi connectivity index (χ2n) is 3.72. The first-order valence-electron chi connectivity index (χ1n) is 5.10. The van der Waals surface area contributed by atoms with Crippen LogP contribution in [0.1, 0.15) is 0 Å². The highest BCUT2D eigenvalue weighted by Gasteiger charge is 2.04. The van der Waals surface area contributed by atoms with Gasteiger partial charge in [0, 0.05) is 14.9 Å². The fourth-order valence-electron chi connectivity index (χ4n) is 1.76. The maximum Gasteiger partial charge on any atom is 0.257 e. The number of pyridine rings is 1. The highest BCUT2D eigenvalue weighted by Crippen LogP contribution is 2.24. The van der Waals surface area contributed by atoms with E-state index >= 15 is 0 Å². The van der Waals surface area contributed by atoms with Crippen LogP contribution < -0.4 is 5.56 Å². The van der Waals surface area contributed by atoms with Crippen molar-refractivity contribution in [2.45, 2.75) is 0 Å². The predicted molar refractivity (Wildman–Crippen MR) is 75.6 cm³/mol. The maximum absolute atomic E-state index is 11.8. The first kappa shape index (κ1) is 10.7. The Kier molecular flexibility index (Phi) is 2.61. The van der Waals surface area contributed by atoms with E-state index in [2.05, 4.69) is 20.9 Å². The summed E-state index contributed by atoms with van der Waals surface area (Å²) in [5, 5.41) is 2.70. The number of fused-ring (bicyclic) bond motifs is 1. The molecule has 17 heavy (non-hydrogen) atoms. The molecule has 0 aliphatic carbocycles. The van der Waals surface area contributed by atoms with Crippen molar-refractivity contribution in [3.8, 4) is 11.3 Å². The van der Waals surface area contributed by atoms with Crippen LogP contribution in [0.5, 0.6) is 0 Å². The maximum atomic E-state index is 11.8. The number of aromatic nitrogens is 1. The second kappa shape index (κ2) is 4.13. The van der Waals surface area contributed by atoms with Gasteiger partial charge in [-0.2, -0.15) is 0 Å². The lowest BCUT2D eigenvalue weighted by Crippen LogP contribution is -2.05. The number of halogens is 1. The zero-order chi connectivity index (χ0) is 11.8. The highest BCUT2D eigenvalue weighted by atomic mass is 79.9. The number of thiophene rings is 1. The zero-order valence-electron chi connectivity index (χ0n) is 8.74. The van der Waals surface area contributed by atoms with Gasteiger partial charge in [-0.05, 0) is 35.2 Å². The van der Waals surface area contributed by atoms with Crippen molar-refractivity contribution in [3.05, 3.63) is 56.6 Å². The van der Waals surface area contributed by atoms with Gasteiger partial charge in [-0.25, -0.2) is 0 Å². The van der Waals surface area contributed by atoms with E-state index in [1.807, 2.05) is 41.8 Å². The molecule has 0 fully saturated rings. The Bertz CT molecular complexity index is 727. The fourth-order valence-corrected chi connectivity index (χ4v) is 2.85. The van der Waals surface area contributed by atoms with Crippen molar-refractivity contribution in [1.82, 2.24) is 4.98 Å². The molecule has 1 aromatic carbocycles. The van der Waals surface area contributed by atoms with Crippen LogP contribution in [-0.4, -0.2) is 4.98 Å². The molecule has 2 nitrogen and oxygen atoms in total. The van der Waals surface area contributed by atoms with Crippen LogP contribution in [0.3, 0.4) is 0 Å². The molecule has 2 aromatic heterocycles. The molecule has 0 radical (unpaired) electrons. The molecule has 0 aliphatic rings. The lowest BCUT2D eigenvalue weighted by molar-refractivity contribution is 1.28. The van der Waals surface area contributed by atoms with Gasteiger partial charge >= 0.3 is 0 Å². The van der Waals surface area contributed by atoms with Gasteiger partial charge in [0.25, 0.3) is 5.56 Å². The number of rotatable bonds is 1. The Morgan fingerprint density at radius 3 is 2.65 bits per heavy atom. The van der Waals surface area contributed by atoms with Gasteiger partial charge in [0.1, 0.15) is 0 Å². The van der Waals surface area contributed by atoms with E-state index in [1.54, 1.807) is 11.3 Å². The molecular weight excluding hydrogens is 298 g/mol. The van der Waals surface area contributed by atoms with Gasteiger partial charge in [0.2, 0.25) is 0 Å². The van der Waals surface area contributed by atoms with Gasteiger partial charge in [0.15, 0.2) is 0 Å². The van der Waals surface area contributed by atoms with Crippen molar-refractivity contribution in [1.29, 1.82) is 0 Å². The van der Waals surface area contributed by atoms with Crippen molar-refractivity contribution < 1.29 is 0 Å². The van der Waals surface area contributed by atoms with Gasteiger partial charge in [-0.1, -0.05) is 28.1 Å². The first-order chi connectivity index (χ1) is 8.24. The topological polar surface area (TPSA) is 32.9 Å². The zero-order valence-corrected chi connectivity index (χ0v) is 11.1. The van der Waals surface area contributed by atoms with E-state index in [-0.39, 0.29) is 5.56 Å². The predicted octanol–water partition coefficient (Wildman–Crippen LogP) is 4.02. The Labute approximate surface area is 110 Å². The summed E-state index contributed by atoms with van der Waals surface area (Å²) in [5.41, 5.74) is 1.85. The minimum absolute atomic E-state index is 0.0262. The number of hydrogen-bond acceptors (Lipinski definition) is 2. The summed E-state index contributed by atoms with van der Waals surface area (Å²) in [7, 11) is 0. The van der Waals surface area contributed by atoms with Crippen LogP contribution in [-0.2, 0) is 0 Å². The van der Waals surface area contributed by atoms with Crippen LogP contribution >= 0.6 is 27.3 Å². The van der Waals surface area contributed by atoms with E-state index in [1.165, 1.54) is 0 Å². The van der Waals surface area contributed by atoms with Crippen molar-refractivity contribution in [2.75, 3.05) is 0 Å². The molecule has 2 heterocycles. The third kappa shape index (κ3) is 1.94. The van der Waals surface area contributed by atoms with E-state index < -0.39 is 0 Å². The number of H-pyrrole nitrogens is 1. The summed E-state index contributed by atoms with van der Waals surface area (Å²) in [4.78, 5) is 14.8. The minimum atomic E-state index is -0.0262. The second-order valence-corrected chi connectivity index (χ2v) is 5.58. The Hall–Kier alpha value is -1.39. The molecule has 0 unspecified atom stereocenters. The molecule has 0 aliphatic heterocycles. The monoisotopic (exact) mass is 305 g/mol. The summed E-state index contributed by atoms with van der Waals surface area (Å²) in [6.45, 7) is 0. The molecule has 0 bridgehead atoms. The average Bonchev–Trinajstić information content (AvgIpc) is 2.78. The van der Waals surface area contributed by atoms with Crippen molar-refractivity contribution in [3.63, 3.8) is 0 Å². The summed E-state index contributed by atoms with van der Waals surface area (Å²) in [6.07, 6.45) is 0. The normalized spacial score (nSPS) is 10.9.